The summed E-state index contributed by atoms with van der Waals surface area (Å²) >= 11 is 1.93. The van der Waals surface area contributed by atoms with Gasteiger partial charge in [0.05, 0.1) is 19.8 Å². The quantitative estimate of drug-likeness (QED) is 0.518. The molecule has 0 fully saturated rings. The molecule has 0 aliphatic carbocycles. The molecule has 0 spiro atoms. The van der Waals surface area contributed by atoms with Gasteiger partial charge in [-0.1, -0.05) is 6.92 Å². The smallest absolute Gasteiger partial charge is 0.0698 e. The summed E-state index contributed by atoms with van der Waals surface area (Å²) in [6.07, 6.45) is 0. The fraction of sp³-hybridized carbons (Fsp3) is 1.00. The Balaban J connectivity index is 2.73. The second kappa shape index (κ2) is 11.2. The summed E-state index contributed by atoms with van der Waals surface area (Å²) in [4.78, 5) is 0. The number of hydrogen-bond donors (Lipinski definition) is 2. The van der Waals surface area contributed by atoms with Gasteiger partial charge in [0.15, 0.2) is 0 Å². The van der Waals surface area contributed by atoms with Crippen molar-refractivity contribution in [3.63, 3.8) is 0 Å². The summed E-state index contributed by atoms with van der Waals surface area (Å²) in [5.74, 6) is 2.35. The maximum atomic E-state index is 8.39. The Kier molecular flexibility index (Phi) is 11.4. The van der Waals surface area contributed by atoms with Gasteiger partial charge in [-0.25, -0.2) is 0 Å². The van der Waals surface area contributed by atoms with Crippen LogP contribution in [-0.2, 0) is 4.74 Å². The van der Waals surface area contributed by atoms with E-state index >= 15 is 0 Å². The van der Waals surface area contributed by atoms with Gasteiger partial charge in [-0.2, -0.15) is 11.8 Å². The fourth-order valence-electron chi connectivity index (χ4n) is 0.725. The molecule has 2 N–H and O–H groups in total. The Hall–Kier alpha value is 0.230. The highest BCUT2D eigenvalue weighted by molar-refractivity contribution is 7.99. The Morgan fingerprint density at radius 3 is 2.83 bits per heavy atom. The zero-order valence-corrected chi connectivity index (χ0v) is 8.53. The predicted octanol–water partition coefficient (Wildman–Crippen LogP) is 0.338. The van der Waals surface area contributed by atoms with Crippen molar-refractivity contribution in [2.45, 2.75) is 6.92 Å². The topological polar surface area (TPSA) is 41.5 Å². The van der Waals surface area contributed by atoms with Crippen molar-refractivity contribution in [3.05, 3.63) is 0 Å². The molecule has 12 heavy (non-hydrogen) atoms. The van der Waals surface area contributed by atoms with Gasteiger partial charge in [-0.05, 0) is 5.75 Å². The van der Waals surface area contributed by atoms with Gasteiger partial charge in [0.1, 0.15) is 0 Å². The molecule has 0 bridgehead atoms. The summed E-state index contributed by atoms with van der Waals surface area (Å²) < 4.78 is 5.07. The largest absolute Gasteiger partial charge is 0.394 e. The minimum absolute atomic E-state index is 0.117. The third-order valence-electron chi connectivity index (χ3n) is 1.29. The third kappa shape index (κ3) is 10.2. The highest BCUT2D eigenvalue weighted by Gasteiger charge is 1.88. The van der Waals surface area contributed by atoms with E-state index in [-0.39, 0.29) is 6.61 Å². The molecule has 0 aromatic heterocycles. The Bertz CT molecular complexity index is 73.5. The van der Waals surface area contributed by atoms with Crippen LogP contribution < -0.4 is 5.32 Å². The molecule has 0 heterocycles. The zero-order chi connectivity index (χ0) is 9.07. The molecule has 0 aromatic rings. The van der Waals surface area contributed by atoms with Gasteiger partial charge in [0, 0.05) is 18.8 Å². The Morgan fingerprint density at radius 2 is 2.17 bits per heavy atom. The van der Waals surface area contributed by atoms with E-state index in [4.69, 9.17) is 9.84 Å². The molecule has 0 saturated carbocycles. The molecule has 3 nitrogen and oxygen atoms in total. The van der Waals surface area contributed by atoms with Crippen LogP contribution in [0.1, 0.15) is 6.92 Å². The standard InChI is InChI=1S/C8H19NO2S/c1-2-12-8-4-9-3-6-11-7-5-10/h9-10H,2-8H2,1H3. The van der Waals surface area contributed by atoms with E-state index in [1.807, 2.05) is 11.8 Å². The van der Waals surface area contributed by atoms with E-state index in [1.54, 1.807) is 0 Å². The zero-order valence-electron chi connectivity index (χ0n) is 7.71. The van der Waals surface area contributed by atoms with Gasteiger partial charge in [0.2, 0.25) is 0 Å². The van der Waals surface area contributed by atoms with Crippen LogP contribution in [0.3, 0.4) is 0 Å². The number of aliphatic hydroxyl groups excluding tert-OH is 1. The lowest BCUT2D eigenvalue weighted by Crippen LogP contribution is -2.22. The second-order valence-electron chi connectivity index (χ2n) is 2.28. The average Bonchev–Trinajstić information content (AvgIpc) is 2.10. The van der Waals surface area contributed by atoms with Crippen molar-refractivity contribution in [2.75, 3.05) is 44.4 Å². The number of hydrogen-bond acceptors (Lipinski definition) is 4. The molecular weight excluding hydrogens is 174 g/mol. The fourth-order valence-corrected chi connectivity index (χ4v) is 1.30. The molecule has 0 radical (unpaired) electrons. The lowest BCUT2D eigenvalue weighted by molar-refractivity contribution is 0.0942. The van der Waals surface area contributed by atoms with Crippen LogP contribution in [0.4, 0.5) is 0 Å². The van der Waals surface area contributed by atoms with Crippen LogP contribution in [-0.4, -0.2) is 49.5 Å². The van der Waals surface area contributed by atoms with E-state index in [0.29, 0.717) is 13.2 Å². The van der Waals surface area contributed by atoms with Crippen LogP contribution in [0.5, 0.6) is 0 Å². The summed E-state index contributed by atoms with van der Waals surface area (Å²) in [5, 5.41) is 11.6. The van der Waals surface area contributed by atoms with Crippen LogP contribution in [0, 0.1) is 0 Å². The normalized spacial score (nSPS) is 10.5. The van der Waals surface area contributed by atoms with Crippen molar-refractivity contribution in [3.8, 4) is 0 Å². The molecule has 0 aromatic carbocycles. The van der Waals surface area contributed by atoms with Crippen molar-refractivity contribution >= 4 is 11.8 Å². The minimum Gasteiger partial charge on any atom is -0.394 e. The first-order valence-electron chi connectivity index (χ1n) is 4.39. The van der Waals surface area contributed by atoms with Crippen molar-refractivity contribution < 1.29 is 9.84 Å². The van der Waals surface area contributed by atoms with Crippen molar-refractivity contribution in [1.29, 1.82) is 0 Å². The van der Waals surface area contributed by atoms with Crippen LogP contribution in [0.25, 0.3) is 0 Å². The third-order valence-corrected chi connectivity index (χ3v) is 2.19. The van der Waals surface area contributed by atoms with E-state index in [2.05, 4.69) is 12.2 Å². The monoisotopic (exact) mass is 193 g/mol. The molecular formula is C8H19NO2S. The van der Waals surface area contributed by atoms with Gasteiger partial charge in [-0.15, -0.1) is 0 Å². The van der Waals surface area contributed by atoms with Crippen LogP contribution >= 0.6 is 11.8 Å². The second-order valence-corrected chi connectivity index (χ2v) is 3.68. The van der Waals surface area contributed by atoms with Crippen LogP contribution in [0.15, 0.2) is 0 Å². The van der Waals surface area contributed by atoms with Gasteiger partial charge in [0.25, 0.3) is 0 Å². The number of thioether (sulfide) groups is 1. The van der Waals surface area contributed by atoms with Crippen molar-refractivity contribution in [2.24, 2.45) is 0 Å². The minimum atomic E-state index is 0.117. The molecule has 0 rings (SSSR count). The first-order valence-corrected chi connectivity index (χ1v) is 5.54. The highest BCUT2D eigenvalue weighted by Crippen LogP contribution is 1.94. The maximum absolute atomic E-state index is 8.39. The SMILES string of the molecule is CCSCCNCCOCCO. The molecule has 0 aliphatic heterocycles. The summed E-state index contributed by atoms with van der Waals surface area (Å²) in [6.45, 7) is 5.34. The lowest BCUT2D eigenvalue weighted by Gasteiger charge is -2.03. The van der Waals surface area contributed by atoms with Gasteiger partial charge < -0.3 is 15.2 Å². The van der Waals surface area contributed by atoms with E-state index in [0.717, 1.165) is 18.8 Å². The van der Waals surface area contributed by atoms with Gasteiger partial charge >= 0.3 is 0 Å². The lowest BCUT2D eigenvalue weighted by atomic mass is 10.6. The molecule has 74 valence electrons. The number of aliphatic hydroxyl groups is 1. The average molecular weight is 193 g/mol. The number of nitrogens with one attached hydrogen (secondary N) is 1. The molecule has 0 atom stereocenters. The maximum Gasteiger partial charge on any atom is 0.0698 e. The molecule has 0 aliphatic rings. The number of ether oxygens (including phenoxy) is 1. The van der Waals surface area contributed by atoms with E-state index < -0.39 is 0 Å². The van der Waals surface area contributed by atoms with E-state index in [9.17, 15) is 0 Å². The number of rotatable bonds is 9. The van der Waals surface area contributed by atoms with E-state index in [1.165, 1.54) is 5.75 Å². The summed E-state index contributed by atoms with van der Waals surface area (Å²) in [6, 6.07) is 0. The predicted molar refractivity (Wildman–Crippen MR) is 53.8 cm³/mol. The summed E-state index contributed by atoms with van der Waals surface area (Å²) in [5.41, 5.74) is 0. The molecule has 0 saturated heterocycles. The Morgan fingerprint density at radius 1 is 1.33 bits per heavy atom. The molecule has 4 heteroatoms. The highest BCUT2D eigenvalue weighted by atomic mass is 32.2. The van der Waals surface area contributed by atoms with Crippen molar-refractivity contribution in [1.82, 2.24) is 5.32 Å². The first-order chi connectivity index (χ1) is 5.91. The van der Waals surface area contributed by atoms with Crippen LogP contribution in [0.2, 0.25) is 0 Å². The summed E-state index contributed by atoms with van der Waals surface area (Å²) in [7, 11) is 0. The molecule has 0 amide bonds. The Labute approximate surface area is 78.9 Å². The molecule has 0 unspecified atom stereocenters. The first kappa shape index (κ1) is 12.2. The van der Waals surface area contributed by atoms with Gasteiger partial charge in [-0.3, -0.25) is 0 Å².